The van der Waals surface area contributed by atoms with E-state index < -0.39 is 5.91 Å². The molecule has 2 aromatic carbocycles. The van der Waals surface area contributed by atoms with Crippen LogP contribution in [-0.4, -0.2) is 28.8 Å². The Morgan fingerprint density at radius 1 is 1.09 bits per heavy atom. The maximum absolute atomic E-state index is 12.7. The van der Waals surface area contributed by atoms with E-state index in [-0.39, 0.29) is 10.1 Å². The molecule has 0 radical (unpaired) electrons. The molecule has 2 aliphatic rings. The Bertz CT molecular complexity index is 1390. The topological polar surface area (TPSA) is 78.1 Å². The van der Waals surface area contributed by atoms with Crippen LogP contribution in [0.25, 0.3) is 33.4 Å². The van der Waals surface area contributed by atoms with Crippen LogP contribution in [0.2, 0.25) is 0 Å². The summed E-state index contributed by atoms with van der Waals surface area (Å²) in [5.41, 5.74) is 6.36. The van der Waals surface area contributed by atoms with Crippen LogP contribution in [0.15, 0.2) is 57.9 Å². The van der Waals surface area contributed by atoms with Gasteiger partial charge in [-0.3, -0.25) is 15.0 Å². The number of rotatable bonds is 5. The first-order chi connectivity index (χ1) is 15.8. The summed E-state index contributed by atoms with van der Waals surface area (Å²) in [5, 5.41) is 14.8. The van der Waals surface area contributed by atoms with E-state index in [1.807, 2.05) is 58.0 Å². The van der Waals surface area contributed by atoms with Gasteiger partial charge in [0.2, 0.25) is 0 Å². The van der Waals surface area contributed by atoms with Crippen LogP contribution >= 0.6 is 11.8 Å². The molecule has 1 amide bonds. The van der Waals surface area contributed by atoms with Crippen molar-refractivity contribution in [3.8, 4) is 22.5 Å². The lowest BCUT2D eigenvalue weighted by molar-refractivity contribution is 0.00932. The number of hydrogen-bond donors (Lipinski definition) is 2. The van der Waals surface area contributed by atoms with Crippen molar-refractivity contribution < 1.29 is 14.4 Å². The number of halogens is 1. The van der Waals surface area contributed by atoms with Crippen molar-refractivity contribution in [1.82, 2.24) is 4.58 Å². The van der Waals surface area contributed by atoms with Crippen LogP contribution in [0.5, 0.6) is 0 Å². The van der Waals surface area contributed by atoms with Gasteiger partial charge in [0.05, 0.1) is 10.9 Å². The van der Waals surface area contributed by atoms with Crippen LogP contribution in [0.4, 0.5) is 5.69 Å². The first-order valence-corrected chi connectivity index (χ1v) is 11.2. The van der Waals surface area contributed by atoms with Crippen LogP contribution < -0.4 is 10.7 Å². The third-order valence-corrected chi connectivity index (χ3v) is 5.83. The van der Waals surface area contributed by atoms with E-state index >= 15 is 0 Å². The summed E-state index contributed by atoms with van der Waals surface area (Å²) in [6, 6.07) is 15.1. The van der Waals surface area contributed by atoms with Crippen molar-refractivity contribution in [2.24, 2.45) is 4.99 Å². The Morgan fingerprint density at radius 2 is 1.85 bits per heavy atom. The molecule has 6 nitrogen and oxygen atoms in total. The first-order valence-electron chi connectivity index (χ1n) is 10.9. The van der Waals surface area contributed by atoms with Crippen molar-refractivity contribution in [2.75, 3.05) is 18.4 Å². The number of nitrogens with one attached hydrogen (secondary N) is 1. The van der Waals surface area contributed by atoms with E-state index in [0.717, 1.165) is 45.2 Å². The summed E-state index contributed by atoms with van der Waals surface area (Å²) in [4.78, 5) is 17.3. The molecule has 0 unspecified atom stereocenters. The fourth-order valence-corrected chi connectivity index (χ4v) is 4.28. The summed E-state index contributed by atoms with van der Waals surface area (Å²) in [7, 11) is 0. The highest BCUT2D eigenvalue weighted by Crippen LogP contribution is 2.43. The molecule has 0 aromatic heterocycles. The van der Waals surface area contributed by atoms with Crippen molar-refractivity contribution >= 4 is 34.3 Å². The second-order valence-electron chi connectivity index (χ2n) is 7.89. The minimum atomic E-state index is -0.704. The third kappa shape index (κ3) is 4.19. The molecule has 0 saturated heterocycles. The van der Waals surface area contributed by atoms with Gasteiger partial charge in [-0.05, 0) is 62.6 Å². The molecule has 4 rings (SSSR count). The highest BCUT2D eigenvalue weighted by Gasteiger charge is 2.24. The van der Waals surface area contributed by atoms with Gasteiger partial charge in [-0.1, -0.05) is 18.2 Å². The second-order valence-corrected chi connectivity index (χ2v) is 8.21. The van der Waals surface area contributed by atoms with E-state index in [9.17, 15) is 10.0 Å². The normalized spacial score (nSPS) is 11.9. The first kappa shape index (κ1) is 22.8. The molecule has 0 bridgehead atoms. The predicted molar refractivity (Wildman–Crippen MR) is 132 cm³/mol. The molecule has 1 aliphatic carbocycles. The van der Waals surface area contributed by atoms with Gasteiger partial charge in [0, 0.05) is 59.2 Å². The third-order valence-electron chi connectivity index (χ3n) is 5.67. The number of aryl methyl sites for hydroxylation is 2. The summed E-state index contributed by atoms with van der Waals surface area (Å²) in [5.74, 6) is -0.0414. The summed E-state index contributed by atoms with van der Waals surface area (Å²) in [6.45, 7) is 9.52. The van der Waals surface area contributed by atoms with Crippen LogP contribution in [0.3, 0.4) is 0 Å². The van der Waals surface area contributed by atoms with Gasteiger partial charge < -0.3 is 9.73 Å². The largest absolute Gasteiger partial charge is 0.456 e. The fraction of sp³-hybridized carbons (Fsp3) is 0.231. The highest BCUT2D eigenvalue weighted by atomic mass is 35.5. The Morgan fingerprint density at radius 3 is 2.55 bits per heavy atom. The highest BCUT2D eigenvalue weighted by molar-refractivity contribution is 6.24. The fourth-order valence-electron chi connectivity index (χ4n) is 4.19. The van der Waals surface area contributed by atoms with Gasteiger partial charge in [-0.25, -0.2) is 0 Å². The van der Waals surface area contributed by atoms with E-state index in [0.29, 0.717) is 23.5 Å². The summed E-state index contributed by atoms with van der Waals surface area (Å²) in [6.07, 6.45) is 0. The predicted octanol–water partition coefficient (Wildman–Crippen LogP) is 6.16. The van der Waals surface area contributed by atoms with Gasteiger partial charge in [0.25, 0.3) is 5.91 Å². The second kappa shape index (κ2) is 9.25. The van der Waals surface area contributed by atoms with Gasteiger partial charge in [-0.2, -0.15) is 0 Å². The molecule has 0 fully saturated rings. The zero-order valence-corrected chi connectivity index (χ0v) is 19.8. The number of anilines is 1. The molecule has 1 heterocycles. The van der Waals surface area contributed by atoms with Crippen LogP contribution in [0.1, 0.15) is 35.3 Å². The van der Waals surface area contributed by atoms with Crippen molar-refractivity contribution in [3.63, 3.8) is 0 Å². The molecule has 0 saturated carbocycles. The van der Waals surface area contributed by atoms with E-state index in [1.54, 1.807) is 12.1 Å². The quantitative estimate of drug-likeness (QED) is 0.161. The molecular formula is C26H26ClN3O3. The number of fused-ring (bicyclic) bond motifs is 2. The van der Waals surface area contributed by atoms with E-state index in [2.05, 4.69) is 16.4 Å². The number of carbonyl (C=O) groups excluding carboxylic acids is 1. The molecular weight excluding hydrogens is 438 g/mol. The Hall–Kier alpha value is -3.35. The Labute approximate surface area is 197 Å². The number of carbonyl (C=O) groups is 1. The van der Waals surface area contributed by atoms with E-state index in [4.69, 9.17) is 16.2 Å². The lowest BCUT2D eigenvalue weighted by atomic mass is 9.89. The lowest BCUT2D eigenvalue weighted by Gasteiger charge is -2.20. The number of nitrogens with zero attached hydrogens (tertiary/aromatic N) is 2. The number of benzene rings is 3. The number of hydrogen-bond acceptors (Lipinski definition) is 5. The molecule has 1 aliphatic heterocycles. The average Bonchev–Trinajstić information content (AvgIpc) is 2.79. The van der Waals surface area contributed by atoms with Crippen molar-refractivity contribution in [1.29, 1.82) is 0 Å². The standard InChI is InChI=1S/C26H26ClN3O3/c1-5-28-21-13-23-19(11-15(21)3)25(17-9-7-8-10-18(17)26(31)30(27)32)20-12-16(4)22(29-6-2)14-24(20)33-23/h7-14,28,32H,5-6H2,1-4H3. The number of hydroxylamine groups is 1. The Kier molecular flexibility index (Phi) is 6.40. The van der Waals surface area contributed by atoms with Crippen molar-refractivity contribution in [2.45, 2.75) is 27.7 Å². The molecule has 0 spiro atoms. The SMILES string of the molecule is CCN=c1cc2oc3cc(NCC)c(C)cc3c(-c3ccccc3C(=O)N(O)Cl)c-2cc1C. The zero-order valence-electron chi connectivity index (χ0n) is 19.1. The molecule has 7 heteroatoms. The minimum Gasteiger partial charge on any atom is -0.456 e. The van der Waals surface area contributed by atoms with Gasteiger partial charge >= 0.3 is 0 Å². The minimum absolute atomic E-state index is 0.0918. The van der Waals surface area contributed by atoms with Crippen LogP contribution in [-0.2, 0) is 0 Å². The van der Waals surface area contributed by atoms with Gasteiger partial charge in [0.1, 0.15) is 11.3 Å². The van der Waals surface area contributed by atoms with Crippen molar-refractivity contribution in [3.05, 3.63) is 70.6 Å². The maximum atomic E-state index is 12.7. The lowest BCUT2D eigenvalue weighted by Crippen LogP contribution is -2.18. The average molecular weight is 464 g/mol. The Balaban J connectivity index is 2.18. The molecule has 33 heavy (non-hydrogen) atoms. The monoisotopic (exact) mass is 463 g/mol. The zero-order chi connectivity index (χ0) is 23.7. The summed E-state index contributed by atoms with van der Waals surface area (Å²) >= 11 is 5.62. The molecule has 2 N–H and O–H groups in total. The number of amides is 1. The van der Waals surface area contributed by atoms with Crippen LogP contribution in [0, 0.1) is 13.8 Å². The molecule has 2 aromatic rings. The maximum Gasteiger partial charge on any atom is 0.293 e. The van der Waals surface area contributed by atoms with E-state index in [1.165, 1.54) is 0 Å². The van der Waals surface area contributed by atoms with Gasteiger partial charge in [0.15, 0.2) is 0 Å². The molecule has 0 atom stereocenters. The summed E-state index contributed by atoms with van der Waals surface area (Å²) < 4.78 is 6.46. The smallest absolute Gasteiger partial charge is 0.293 e. The molecule has 170 valence electrons. The van der Waals surface area contributed by atoms with Gasteiger partial charge in [-0.15, -0.1) is 4.58 Å².